The van der Waals surface area contributed by atoms with Crippen LogP contribution >= 0.6 is 0 Å². The molecule has 0 fully saturated rings. The molecule has 0 aliphatic rings. The summed E-state index contributed by atoms with van der Waals surface area (Å²) < 4.78 is 4.22. The van der Waals surface area contributed by atoms with E-state index in [9.17, 15) is 0 Å². The summed E-state index contributed by atoms with van der Waals surface area (Å²) in [5.41, 5.74) is 7.81. The first kappa shape index (κ1) is 21.2. The summed E-state index contributed by atoms with van der Waals surface area (Å²) in [7, 11) is 0. The third kappa shape index (κ3) is 2.90. The van der Waals surface area contributed by atoms with Gasteiger partial charge in [-0.15, -0.1) is 0 Å². The number of fused-ring (bicyclic) bond motifs is 8. The normalized spacial score (nSPS) is 12.0. The number of hydrogen-bond donors (Lipinski definition) is 0. The van der Waals surface area contributed by atoms with E-state index in [1.807, 2.05) is 66.9 Å². The van der Waals surface area contributed by atoms with Crippen molar-refractivity contribution >= 4 is 66.1 Å². The fourth-order valence-corrected chi connectivity index (χ4v) is 5.72. The van der Waals surface area contributed by atoms with Crippen LogP contribution in [0.15, 0.2) is 110 Å². The van der Waals surface area contributed by atoms with Gasteiger partial charge in [0, 0.05) is 34.7 Å². The van der Waals surface area contributed by atoms with E-state index in [0.29, 0.717) is 0 Å². The minimum atomic E-state index is 0.762. The fourth-order valence-electron chi connectivity index (χ4n) is 5.72. The SMILES string of the molecule is c1cnc2ccc(-n3c4ccccc4c4cc5c6ncccc6n(-c6ccc7ncccc7n6)c5nc43)nc2c1. The van der Waals surface area contributed by atoms with Crippen molar-refractivity contribution in [1.29, 1.82) is 0 Å². The van der Waals surface area contributed by atoms with E-state index >= 15 is 0 Å². The van der Waals surface area contributed by atoms with Crippen LogP contribution in [0.1, 0.15) is 0 Å². The number of nitrogens with zero attached hydrogens (tertiary/aromatic N) is 8. The molecule has 0 aliphatic carbocycles. The molecule has 8 heterocycles. The maximum atomic E-state index is 5.34. The van der Waals surface area contributed by atoms with E-state index in [-0.39, 0.29) is 0 Å². The molecule has 0 saturated carbocycles. The number of aromatic nitrogens is 8. The summed E-state index contributed by atoms with van der Waals surface area (Å²) in [4.78, 5) is 29.0. The Hall–Kier alpha value is -5.76. The highest BCUT2D eigenvalue weighted by molar-refractivity contribution is 6.15. The first-order chi connectivity index (χ1) is 19.8. The highest BCUT2D eigenvalue weighted by Crippen LogP contribution is 2.36. The largest absolute Gasteiger partial charge is 0.278 e. The van der Waals surface area contributed by atoms with Crippen molar-refractivity contribution in [3.63, 3.8) is 0 Å². The molecule has 0 N–H and O–H groups in total. The number of benzene rings is 1. The summed E-state index contributed by atoms with van der Waals surface area (Å²) in [5.74, 6) is 1.55. The molecule has 9 rings (SSSR count). The molecule has 0 spiro atoms. The highest BCUT2D eigenvalue weighted by atomic mass is 15.2. The second-order valence-electron chi connectivity index (χ2n) is 9.71. The van der Waals surface area contributed by atoms with Crippen LogP contribution in [0, 0.1) is 0 Å². The van der Waals surface area contributed by atoms with Gasteiger partial charge in [0.1, 0.15) is 17.3 Å². The maximum absolute atomic E-state index is 5.34. The van der Waals surface area contributed by atoms with Gasteiger partial charge in [-0.25, -0.2) is 15.0 Å². The second kappa shape index (κ2) is 7.87. The molecular formula is C32H18N8. The molecule has 0 saturated heterocycles. The predicted molar refractivity (Wildman–Crippen MR) is 157 cm³/mol. The highest BCUT2D eigenvalue weighted by Gasteiger charge is 2.21. The minimum absolute atomic E-state index is 0.762. The van der Waals surface area contributed by atoms with E-state index < -0.39 is 0 Å². The van der Waals surface area contributed by atoms with Crippen LogP contribution in [-0.2, 0) is 0 Å². The van der Waals surface area contributed by atoms with Crippen LogP contribution in [0.25, 0.3) is 77.7 Å². The van der Waals surface area contributed by atoms with E-state index in [1.165, 1.54) is 0 Å². The van der Waals surface area contributed by atoms with Gasteiger partial charge < -0.3 is 0 Å². The molecule has 40 heavy (non-hydrogen) atoms. The zero-order chi connectivity index (χ0) is 26.2. The Labute approximate surface area is 226 Å². The molecule has 8 aromatic heterocycles. The fraction of sp³-hybridized carbons (Fsp3) is 0. The zero-order valence-electron chi connectivity index (χ0n) is 21.0. The molecule has 0 amide bonds. The van der Waals surface area contributed by atoms with Gasteiger partial charge in [-0.05, 0) is 72.8 Å². The molecule has 1 aromatic carbocycles. The Bertz CT molecular complexity index is 2290. The summed E-state index contributed by atoms with van der Waals surface area (Å²) in [5, 5.41) is 3.11. The van der Waals surface area contributed by atoms with Gasteiger partial charge in [-0.2, -0.15) is 0 Å². The van der Waals surface area contributed by atoms with Crippen LogP contribution in [0.4, 0.5) is 0 Å². The van der Waals surface area contributed by atoms with E-state index in [1.54, 1.807) is 12.4 Å². The van der Waals surface area contributed by atoms with Crippen LogP contribution in [-0.4, -0.2) is 39.0 Å². The molecule has 9 aromatic rings. The van der Waals surface area contributed by atoms with Crippen molar-refractivity contribution < 1.29 is 0 Å². The summed E-state index contributed by atoms with van der Waals surface area (Å²) in [6.07, 6.45) is 5.39. The van der Waals surface area contributed by atoms with Crippen molar-refractivity contribution in [1.82, 2.24) is 39.0 Å². The van der Waals surface area contributed by atoms with Crippen LogP contribution in [0.3, 0.4) is 0 Å². The van der Waals surface area contributed by atoms with Crippen molar-refractivity contribution in [3.8, 4) is 11.6 Å². The van der Waals surface area contributed by atoms with Gasteiger partial charge in [0.2, 0.25) is 0 Å². The standard InChI is InChI=1S/C32H18N8/c1-2-9-26-19(6-1)20-18-21-30-27(10-5-17-35-30)40(29-14-12-23-25(37-29)8-4-16-34-23)32(21)38-31(20)39(26)28-13-11-22-24(36-28)7-3-15-33-22/h1-18H. The number of pyridine rings is 6. The Morgan fingerprint density at radius 3 is 1.77 bits per heavy atom. The van der Waals surface area contributed by atoms with E-state index in [2.05, 4.69) is 49.4 Å². The first-order valence-electron chi connectivity index (χ1n) is 13.0. The Balaban J connectivity index is 1.43. The first-order valence-corrected chi connectivity index (χ1v) is 13.0. The average molecular weight is 515 g/mol. The third-order valence-corrected chi connectivity index (χ3v) is 7.46. The smallest absolute Gasteiger partial charge is 0.150 e. The summed E-state index contributed by atoms with van der Waals surface area (Å²) >= 11 is 0. The lowest BCUT2D eigenvalue weighted by Crippen LogP contribution is -2.02. The summed E-state index contributed by atoms with van der Waals surface area (Å²) in [6, 6.07) is 30.3. The Morgan fingerprint density at radius 1 is 0.425 bits per heavy atom. The van der Waals surface area contributed by atoms with Gasteiger partial charge in [0.15, 0.2) is 5.65 Å². The monoisotopic (exact) mass is 514 g/mol. The van der Waals surface area contributed by atoms with Crippen molar-refractivity contribution in [2.24, 2.45) is 0 Å². The second-order valence-corrected chi connectivity index (χ2v) is 9.71. The molecule has 0 radical (unpaired) electrons. The minimum Gasteiger partial charge on any atom is -0.278 e. The number of para-hydroxylation sites is 1. The van der Waals surface area contributed by atoms with Crippen LogP contribution < -0.4 is 0 Å². The molecule has 8 heteroatoms. The Morgan fingerprint density at radius 2 is 1.02 bits per heavy atom. The lowest BCUT2D eigenvalue weighted by molar-refractivity contribution is 1.05. The van der Waals surface area contributed by atoms with E-state index in [4.69, 9.17) is 19.9 Å². The van der Waals surface area contributed by atoms with Crippen molar-refractivity contribution in [2.75, 3.05) is 0 Å². The molecule has 0 bridgehead atoms. The maximum Gasteiger partial charge on any atom is 0.150 e. The lowest BCUT2D eigenvalue weighted by atomic mass is 10.1. The molecule has 0 atom stereocenters. The van der Waals surface area contributed by atoms with Crippen molar-refractivity contribution in [2.45, 2.75) is 0 Å². The Kier molecular flexibility index (Phi) is 4.17. The molecule has 8 nitrogen and oxygen atoms in total. The third-order valence-electron chi connectivity index (χ3n) is 7.46. The van der Waals surface area contributed by atoms with Gasteiger partial charge in [-0.1, -0.05) is 18.2 Å². The average Bonchev–Trinajstić information content (AvgIpc) is 3.51. The lowest BCUT2D eigenvalue weighted by Gasteiger charge is -2.09. The predicted octanol–water partition coefficient (Wildman–Crippen LogP) is 6.56. The van der Waals surface area contributed by atoms with Gasteiger partial charge in [-0.3, -0.25) is 24.1 Å². The van der Waals surface area contributed by atoms with Gasteiger partial charge in [0.25, 0.3) is 0 Å². The molecule has 186 valence electrons. The van der Waals surface area contributed by atoms with Crippen molar-refractivity contribution in [3.05, 3.63) is 110 Å². The van der Waals surface area contributed by atoms with E-state index in [0.717, 1.165) is 77.7 Å². The number of rotatable bonds is 2. The zero-order valence-corrected chi connectivity index (χ0v) is 21.0. The molecule has 0 unspecified atom stereocenters. The van der Waals surface area contributed by atoms with Crippen LogP contribution in [0.5, 0.6) is 0 Å². The number of hydrogen-bond acceptors (Lipinski definition) is 6. The molecule has 0 aliphatic heterocycles. The molecular weight excluding hydrogens is 496 g/mol. The van der Waals surface area contributed by atoms with Crippen LogP contribution in [0.2, 0.25) is 0 Å². The topological polar surface area (TPSA) is 87.2 Å². The van der Waals surface area contributed by atoms with Gasteiger partial charge in [0.05, 0.1) is 38.6 Å². The summed E-state index contributed by atoms with van der Waals surface area (Å²) in [6.45, 7) is 0. The van der Waals surface area contributed by atoms with Gasteiger partial charge >= 0.3 is 0 Å². The quantitative estimate of drug-likeness (QED) is 0.260.